The number of hydrogen-bond acceptors (Lipinski definition) is 3. The number of carbonyl (C=O) groups excluding carboxylic acids is 1. The van der Waals surface area contributed by atoms with Gasteiger partial charge in [0.15, 0.2) is 0 Å². The molecule has 4 nitrogen and oxygen atoms in total. The van der Waals surface area contributed by atoms with Crippen LogP contribution in [-0.4, -0.2) is 22.4 Å². The van der Waals surface area contributed by atoms with Gasteiger partial charge in [0, 0.05) is 32.9 Å². The summed E-state index contributed by atoms with van der Waals surface area (Å²) in [6, 6.07) is 16.7. The molecule has 0 saturated heterocycles. The van der Waals surface area contributed by atoms with Gasteiger partial charge >= 0.3 is 0 Å². The number of aryl methyl sites for hydroxylation is 3. The molecular weight excluding hydrogens is 458 g/mol. The maximum atomic E-state index is 12.1. The van der Waals surface area contributed by atoms with E-state index < -0.39 is 0 Å². The Labute approximate surface area is 190 Å². The number of nitrogens with one attached hydrogen (secondary N) is 1. The number of nitrogens with zero attached hydrogens (tertiary/aromatic N) is 2. The van der Waals surface area contributed by atoms with Crippen molar-refractivity contribution in [3.63, 3.8) is 0 Å². The Balaban J connectivity index is 1.56. The van der Waals surface area contributed by atoms with Crippen LogP contribution in [0, 0.1) is 27.7 Å². The zero-order valence-electron chi connectivity index (χ0n) is 17.7. The van der Waals surface area contributed by atoms with E-state index in [-0.39, 0.29) is 5.91 Å². The van der Waals surface area contributed by atoms with Gasteiger partial charge in [-0.3, -0.25) is 4.79 Å². The first kappa shape index (κ1) is 22.4. The molecule has 1 heterocycles. The van der Waals surface area contributed by atoms with Crippen molar-refractivity contribution in [2.75, 3.05) is 5.75 Å². The van der Waals surface area contributed by atoms with Gasteiger partial charge in [-0.2, -0.15) is 5.10 Å². The summed E-state index contributed by atoms with van der Waals surface area (Å²) in [4.78, 5) is 12.1. The van der Waals surface area contributed by atoms with Crippen LogP contribution in [0.4, 0.5) is 0 Å². The highest BCUT2D eigenvalue weighted by molar-refractivity contribution is 9.10. The molecular formula is C24H26BrN3OS. The molecule has 0 aliphatic rings. The molecule has 0 aliphatic heterocycles. The molecule has 0 fully saturated rings. The van der Waals surface area contributed by atoms with E-state index in [9.17, 15) is 4.79 Å². The van der Waals surface area contributed by atoms with Crippen molar-refractivity contribution in [1.29, 1.82) is 0 Å². The summed E-state index contributed by atoms with van der Waals surface area (Å²) in [5.74, 6) is 1.09. The summed E-state index contributed by atoms with van der Waals surface area (Å²) in [7, 11) is 0. The number of rotatable bonds is 7. The lowest BCUT2D eigenvalue weighted by atomic mass is 10.1. The van der Waals surface area contributed by atoms with Gasteiger partial charge in [-0.25, -0.2) is 5.43 Å². The topological polar surface area (TPSA) is 46.4 Å². The van der Waals surface area contributed by atoms with Crippen molar-refractivity contribution in [2.24, 2.45) is 5.10 Å². The molecule has 0 unspecified atom stereocenters. The van der Waals surface area contributed by atoms with Crippen molar-refractivity contribution < 1.29 is 4.79 Å². The minimum absolute atomic E-state index is 0.0959. The summed E-state index contributed by atoms with van der Waals surface area (Å²) in [6.07, 6.45) is 1.71. The van der Waals surface area contributed by atoms with E-state index in [0.717, 1.165) is 32.9 Å². The molecule has 0 aliphatic carbocycles. The van der Waals surface area contributed by atoms with Crippen LogP contribution in [-0.2, 0) is 10.5 Å². The molecule has 2 aromatic carbocycles. The van der Waals surface area contributed by atoms with Crippen LogP contribution in [0.2, 0.25) is 0 Å². The molecule has 6 heteroatoms. The minimum Gasteiger partial charge on any atom is -0.318 e. The first-order chi connectivity index (χ1) is 14.3. The summed E-state index contributed by atoms with van der Waals surface area (Å²) in [5, 5.41) is 4.16. The number of benzene rings is 2. The largest absolute Gasteiger partial charge is 0.318 e. The third kappa shape index (κ3) is 5.86. The van der Waals surface area contributed by atoms with E-state index in [1.54, 1.807) is 18.0 Å². The monoisotopic (exact) mass is 483 g/mol. The van der Waals surface area contributed by atoms with Crippen molar-refractivity contribution in [3.05, 3.63) is 86.6 Å². The number of aromatic nitrogens is 1. The summed E-state index contributed by atoms with van der Waals surface area (Å²) in [6.45, 7) is 8.30. The Hall–Kier alpha value is -2.31. The highest BCUT2D eigenvalue weighted by atomic mass is 79.9. The van der Waals surface area contributed by atoms with Crippen molar-refractivity contribution >= 4 is 39.8 Å². The molecule has 3 aromatic rings. The van der Waals surface area contributed by atoms with Gasteiger partial charge in [0.1, 0.15) is 0 Å². The Bertz CT molecular complexity index is 1070. The molecule has 3 rings (SSSR count). The number of hydrazone groups is 1. The standard InChI is InChI=1S/C24H26BrN3OS/c1-16-8-17(2)10-20(9-16)14-30-15-24(29)27-26-13-21-11-18(3)28(19(21)4)23-7-5-6-22(25)12-23/h5-13H,14-15H2,1-4H3,(H,27,29)/b26-13+. The number of carbonyl (C=O) groups is 1. The van der Waals surface area contributed by atoms with Crippen LogP contribution >= 0.6 is 27.7 Å². The number of hydrogen-bond donors (Lipinski definition) is 1. The van der Waals surface area contributed by atoms with Crippen LogP contribution in [0.3, 0.4) is 0 Å². The Morgan fingerprint density at radius 1 is 1.10 bits per heavy atom. The SMILES string of the molecule is Cc1cc(C)cc(CSCC(=O)N/N=C/c2cc(C)n(-c3cccc(Br)c3)c2C)c1. The Morgan fingerprint density at radius 2 is 1.83 bits per heavy atom. The third-order valence-electron chi connectivity index (χ3n) is 4.71. The van der Waals surface area contributed by atoms with E-state index >= 15 is 0 Å². The molecule has 0 saturated carbocycles. The fourth-order valence-corrected chi connectivity index (χ4v) is 4.69. The fraction of sp³-hybridized carbons (Fsp3) is 0.250. The van der Waals surface area contributed by atoms with E-state index in [1.165, 1.54) is 16.7 Å². The third-order valence-corrected chi connectivity index (χ3v) is 6.21. The molecule has 156 valence electrons. The molecule has 0 atom stereocenters. The van der Waals surface area contributed by atoms with E-state index in [2.05, 4.69) is 95.1 Å². The van der Waals surface area contributed by atoms with Gasteiger partial charge in [0.2, 0.25) is 5.91 Å². The second-order valence-corrected chi connectivity index (χ2v) is 9.32. The Morgan fingerprint density at radius 3 is 2.53 bits per heavy atom. The molecule has 0 radical (unpaired) electrons. The predicted octanol–water partition coefficient (Wildman–Crippen LogP) is 5.86. The number of thioether (sulfide) groups is 1. The summed E-state index contributed by atoms with van der Waals surface area (Å²) in [5.41, 5.74) is 10.6. The highest BCUT2D eigenvalue weighted by Gasteiger charge is 2.10. The quantitative estimate of drug-likeness (QED) is 0.338. The van der Waals surface area contributed by atoms with Gasteiger partial charge in [-0.15, -0.1) is 11.8 Å². The van der Waals surface area contributed by atoms with Crippen LogP contribution < -0.4 is 5.43 Å². The lowest BCUT2D eigenvalue weighted by Crippen LogP contribution is -2.19. The Kier molecular flexibility index (Phi) is 7.56. The normalized spacial score (nSPS) is 11.2. The molecule has 30 heavy (non-hydrogen) atoms. The van der Waals surface area contributed by atoms with Crippen molar-refractivity contribution in [2.45, 2.75) is 33.4 Å². The van der Waals surface area contributed by atoms with E-state index in [1.807, 2.05) is 12.1 Å². The van der Waals surface area contributed by atoms with Gasteiger partial charge in [-0.1, -0.05) is 51.3 Å². The molecule has 0 spiro atoms. The van der Waals surface area contributed by atoms with Crippen LogP contribution in [0.15, 0.2) is 58.1 Å². The lowest BCUT2D eigenvalue weighted by Gasteiger charge is -2.09. The first-order valence-electron chi connectivity index (χ1n) is 9.75. The average molecular weight is 484 g/mol. The zero-order chi connectivity index (χ0) is 21.7. The molecule has 1 aromatic heterocycles. The molecule has 0 bridgehead atoms. The van der Waals surface area contributed by atoms with Gasteiger partial charge in [0.25, 0.3) is 0 Å². The van der Waals surface area contributed by atoms with E-state index in [0.29, 0.717) is 5.75 Å². The zero-order valence-corrected chi connectivity index (χ0v) is 20.1. The van der Waals surface area contributed by atoms with Crippen LogP contribution in [0.5, 0.6) is 0 Å². The smallest absolute Gasteiger partial charge is 0.250 e. The van der Waals surface area contributed by atoms with Crippen molar-refractivity contribution in [3.8, 4) is 5.69 Å². The second-order valence-electron chi connectivity index (χ2n) is 7.42. The predicted molar refractivity (Wildman–Crippen MR) is 131 cm³/mol. The van der Waals surface area contributed by atoms with Gasteiger partial charge in [0.05, 0.1) is 12.0 Å². The van der Waals surface area contributed by atoms with Crippen molar-refractivity contribution in [1.82, 2.24) is 9.99 Å². The summed E-state index contributed by atoms with van der Waals surface area (Å²) < 4.78 is 3.21. The lowest BCUT2D eigenvalue weighted by molar-refractivity contribution is -0.118. The van der Waals surface area contributed by atoms with Crippen LogP contribution in [0.25, 0.3) is 5.69 Å². The average Bonchev–Trinajstić information content (AvgIpc) is 2.94. The number of amides is 1. The first-order valence-corrected chi connectivity index (χ1v) is 11.7. The van der Waals surface area contributed by atoms with Crippen LogP contribution in [0.1, 0.15) is 33.6 Å². The molecule has 1 N–H and O–H groups in total. The van der Waals surface area contributed by atoms with E-state index in [4.69, 9.17) is 0 Å². The minimum atomic E-state index is -0.0959. The maximum Gasteiger partial charge on any atom is 0.250 e. The second kappa shape index (κ2) is 10.1. The van der Waals surface area contributed by atoms with Gasteiger partial charge < -0.3 is 4.57 Å². The molecule has 1 amide bonds. The number of halogens is 1. The maximum absolute atomic E-state index is 12.1. The summed E-state index contributed by atoms with van der Waals surface area (Å²) >= 11 is 5.12. The fourth-order valence-electron chi connectivity index (χ4n) is 3.55. The van der Waals surface area contributed by atoms with Gasteiger partial charge in [-0.05, 0) is 57.5 Å². The highest BCUT2D eigenvalue weighted by Crippen LogP contribution is 2.22.